The van der Waals surface area contributed by atoms with Gasteiger partial charge in [0.05, 0.1) is 10.6 Å². The summed E-state index contributed by atoms with van der Waals surface area (Å²) < 4.78 is 28.9. The van der Waals surface area contributed by atoms with E-state index < -0.39 is 34.1 Å². The number of halogens is 1. The van der Waals surface area contributed by atoms with E-state index >= 15 is 0 Å². The molecule has 2 amide bonds. The molecule has 0 saturated heterocycles. The molecule has 0 aliphatic carbocycles. The summed E-state index contributed by atoms with van der Waals surface area (Å²) in [6, 6.07) is 19.6. The zero-order chi connectivity index (χ0) is 29.7. The Hall–Kier alpha value is -3.36. The maximum atomic E-state index is 14.1. The SMILES string of the molecule is CC[C@H](C(=O)NC(C)(C)C)N(Cc1ccccc1C)C(=O)CN(c1cccc(Cl)c1)S(=O)(=O)c1ccc(C)cc1. The maximum absolute atomic E-state index is 14.1. The summed E-state index contributed by atoms with van der Waals surface area (Å²) in [7, 11) is -4.15. The van der Waals surface area contributed by atoms with Crippen LogP contribution in [0.25, 0.3) is 0 Å². The lowest BCUT2D eigenvalue weighted by molar-refractivity contribution is -0.141. The van der Waals surface area contributed by atoms with Gasteiger partial charge in [0.1, 0.15) is 12.6 Å². The van der Waals surface area contributed by atoms with Gasteiger partial charge in [0, 0.05) is 17.1 Å². The molecule has 214 valence electrons. The standard InChI is InChI=1S/C31H38ClN3O4S/c1-7-28(30(37)33-31(4,5)6)34(20-24-12-9-8-11-23(24)3)29(36)21-35(26-14-10-13-25(32)19-26)40(38,39)27-17-15-22(2)16-18-27/h8-19,28H,7,20-21H2,1-6H3,(H,33,37)/t28-/m1/s1. The van der Waals surface area contributed by atoms with Gasteiger partial charge in [0.15, 0.2) is 0 Å². The third kappa shape index (κ3) is 7.86. The molecular weight excluding hydrogens is 546 g/mol. The average molecular weight is 584 g/mol. The normalized spacial score (nSPS) is 12.5. The van der Waals surface area contributed by atoms with Gasteiger partial charge in [-0.2, -0.15) is 0 Å². The van der Waals surface area contributed by atoms with Gasteiger partial charge < -0.3 is 10.2 Å². The van der Waals surface area contributed by atoms with E-state index in [1.165, 1.54) is 23.1 Å². The Kier molecular flexibility index (Phi) is 10.0. The van der Waals surface area contributed by atoms with Crippen molar-refractivity contribution in [2.24, 2.45) is 0 Å². The van der Waals surface area contributed by atoms with Gasteiger partial charge in [-0.1, -0.05) is 66.6 Å². The van der Waals surface area contributed by atoms with Crippen LogP contribution in [-0.2, 0) is 26.2 Å². The fourth-order valence-corrected chi connectivity index (χ4v) is 5.93. The van der Waals surface area contributed by atoms with Gasteiger partial charge in [0.25, 0.3) is 10.0 Å². The van der Waals surface area contributed by atoms with Crippen LogP contribution in [0.4, 0.5) is 5.69 Å². The number of carbonyl (C=O) groups excluding carboxylic acids is 2. The van der Waals surface area contributed by atoms with E-state index in [0.717, 1.165) is 21.0 Å². The van der Waals surface area contributed by atoms with Crippen molar-refractivity contribution in [1.29, 1.82) is 0 Å². The van der Waals surface area contributed by atoms with E-state index in [-0.39, 0.29) is 23.0 Å². The summed E-state index contributed by atoms with van der Waals surface area (Å²) in [6.45, 7) is 10.9. The van der Waals surface area contributed by atoms with Crippen LogP contribution < -0.4 is 9.62 Å². The molecule has 0 radical (unpaired) electrons. The van der Waals surface area contributed by atoms with Gasteiger partial charge in [-0.3, -0.25) is 13.9 Å². The number of benzene rings is 3. The highest BCUT2D eigenvalue weighted by molar-refractivity contribution is 7.92. The molecule has 0 spiro atoms. The van der Waals surface area contributed by atoms with Crippen molar-refractivity contribution in [2.45, 2.75) is 71.0 Å². The third-order valence-electron chi connectivity index (χ3n) is 6.47. The zero-order valence-corrected chi connectivity index (χ0v) is 25.5. The molecule has 0 aliphatic heterocycles. The molecule has 9 heteroatoms. The Morgan fingerprint density at radius 1 is 0.950 bits per heavy atom. The van der Waals surface area contributed by atoms with Crippen molar-refractivity contribution in [3.8, 4) is 0 Å². The summed E-state index contributed by atoms with van der Waals surface area (Å²) in [5.41, 5.74) is 2.48. The largest absolute Gasteiger partial charge is 0.350 e. The Morgan fingerprint density at radius 3 is 2.17 bits per heavy atom. The average Bonchev–Trinajstić information content (AvgIpc) is 2.87. The van der Waals surface area contributed by atoms with Gasteiger partial charge in [0.2, 0.25) is 11.8 Å². The van der Waals surface area contributed by atoms with Crippen molar-refractivity contribution in [3.63, 3.8) is 0 Å². The molecule has 0 aromatic heterocycles. The number of anilines is 1. The minimum atomic E-state index is -4.15. The van der Waals surface area contributed by atoms with Crippen molar-refractivity contribution in [1.82, 2.24) is 10.2 Å². The highest BCUT2D eigenvalue weighted by Crippen LogP contribution is 2.27. The Bertz CT molecular complexity index is 1450. The number of rotatable bonds is 10. The number of hydrogen-bond acceptors (Lipinski definition) is 4. The van der Waals surface area contributed by atoms with Crippen molar-refractivity contribution in [2.75, 3.05) is 10.8 Å². The van der Waals surface area contributed by atoms with Crippen LogP contribution in [-0.4, -0.2) is 43.3 Å². The number of aryl methyl sites for hydroxylation is 2. The van der Waals surface area contributed by atoms with Gasteiger partial charge in [-0.05, 0) is 82.5 Å². The summed E-state index contributed by atoms with van der Waals surface area (Å²) in [6.07, 6.45) is 0.349. The number of carbonyl (C=O) groups is 2. The van der Waals surface area contributed by atoms with E-state index in [0.29, 0.717) is 11.4 Å². The molecule has 40 heavy (non-hydrogen) atoms. The Morgan fingerprint density at radius 2 is 1.60 bits per heavy atom. The molecule has 0 aliphatic rings. The fraction of sp³-hybridized carbons (Fsp3) is 0.355. The molecule has 3 aromatic rings. The van der Waals surface area contributed by atoms with Crippen LogP contribution in [0.5, 0.6) is 0 Å². The molecule has 0 unspecified atom stereocenters. The van der Waals surface area contributed by atoms with E-state index in [1.54, 1.807) is 30.3 Å². The molecule has 1 atom stereocenters. The Labute approximate surface area is 243 Å². The van der Waals surface area contributed by atoms with E-state index in [1.807, 2.05) is 65.8 Å². The monoisotopic (exact) mass is 583 g/mol. The lowest BCUT2D eigenvalue weighted by atomic mass is 10.0. The lowest BCUT2D eigenvalue weighted by Gasteiger charge is -2.35. The highest BCUT2D eigenvalue weighted by Gasteiger charge is 2.34. The molecule has 3 rings (SSSR count). The van der Waals surface area contributed by atoms with Crippen LogP contribution in [0.15, 0.2) is 77.7 Å². The molecule has 0 bridgehead atoms. The minimum Gasteiger partial charge on any atom is -0.350 e. The molecule has 0 saturated carbocycles. The van der Waals surface area contributed by atoms with E-state index in [9.17, 15) is 18.0 Å². The molecule has 1 N–H and O–H groups in total. The predicted molar refractivity (Wildman–Crippen MR) is 161 cm³/mol. The lowest BCUT2D eigenvalue weighted by Crippen LogP contribution is -2.55. The van der Waals surface area contributed by atoms with Gasteiger partial charge in [-0.15, -0.1) is 0 Å². The first-order chi connectivity index (χ1) is 18.7. The second-order valence-corrected chi connectivity index (χ2v) is 13.2. The topological polar surface area (TPSA) is 86.8 Å². The van der Waals surface area contributed by atoms with Gasteiger partial charge >= 0.3 is 0 Å². The first-order valence-electron chi connectivity index (χ1n) is 13.2. The third-order valence-corrected chi connectivity index (χ3v) is 8.49. The van der Waals surface area contributed by atoms with Gasteiger partial charge in [-0.25, -0.2) is 8.42 Å². The summed E-state index contributed by atoms with van der Waals surface area (Å²) in [5, 5.41) is 3.31. The first kappa shape index (κ1) is 31.2. The first-order valence-corrected chi connectivity index (χ1v) is 15.1. The smallest absolute Gasteiger partial charge is 0.264 e. The van der Waals surface area contributed by atoms with Crippen molar-refractivity contribution < 1.29 is 18.0 Å². The second-order valence-electron chi connectivity index (χ2n) is 10.9. The number of sulfonamides is 1. The van der Waals surface area contributed by atoms with Crippen molar-refractivity contribution >= 4 is 39.1 Å². The van der Waals surface area contributed by atoms with Crippen LogP contribution in [0.2, 0.25) is 5.02 Å². The summed E-state index contributed by atoms with van der Waals surface area (Å²) in [5.74, 6) is -0.803. The molecule has 0 fully saturated rings. The fourth-order valence-electron chi connectivity index (χ4n) is 4.34. The predicted octanol–water partition coefficient (Wildman–Crippen LogP) is 5.87. The number of hydrogen-bond donors (Lipinski definition) is 1. The quantitative estimate of drug-likeness (QED) is 0.323. The summed E-state index contributed by atoms with van der Waals surface area (Å²) >= 11 is 6.24. The van der Waals surface area contributed by atoms with Crippen LogP contribution >= 0.6 is 11.6 Å². The number of nitrogens with one attached hydrogen (secondary N) is 1. The summed E-state index contributed by atoms with van der Waals surface area (Å²) in [4.78, 5) is 29.1. The van der Waals surface area contributed by atoms with Crippen LogP contribution in [0.1, 0.15) is 50.8 Å². The molecule has 3 aromatic carbocycles. The molecular formula is C31H38ClN3O4S. The highest BCUT2D eigenvalue weighted by atomic mass is 35.5. The second kappa shape index (κ2) is 12.9. The zero-order valence-electron chi connectivity index (χ0n) is 23.9. The Balaban J connectivity index is 2.09. The molecule has 7 nitrogen and oxygen atoms in total. The maximum Gasteiger partial charge on any atom is 0.264 e. The molecule has 0 heterocycles. The van der Waals surface area contributed by atoms with E-state index in [4.69, 9.17) is 11.6 Å². The number of amides is 2. The van der Waals surface area contributed by atoms with Crippen LogP contribution in [0.3, 0.4) is 0 Å². The van der Waals surface area contributed by atoms with Crippen molar-refractivity contribution in [3.05, 3.63) is 94.5 Å². The van der Waals surface area contributed by atoms with E-state index in [2.05, 4.69) is 5.32 Å². The number of nitrogens with zero attached hydrogens (tertiary/aromatic N) is 2. The van der Waals surface area contributed by atoms with Crippen LogP contribution in [0, 0.1) is 13.8 Å². The minimum absolute atomic E-state index is 0.0499.